The number of carboxylic acids is 2. The maximum absolute atomic E-state index is 12.5. The number of aromatic nitrogens is 1. The lowest BCUT2D eigenvalue weighted by Gasteiger charge is -2.43. The van der Waals surface area contributed by atoms with Crippen molar-refractivity contribution < 1.29 is 43.9 Å². The lowest BCUT2D eigenvalue weighted by atomic mass is 9.97. The molecular formula is C13H14N6O9S. The average molecular weight is 430 g/mol. The number of oxime groups is 1. The lowest BCUT2D eigenvalue weighted by Crippen LogP contribution is -2.74. The zero-order valence-corrected chi connectivity index (χ0v) is 15.1. The van der Waals surface area contributed by atoms with Crippen molar-refractivity contribution >= 4 is 51.8 Å². The molecule has 1 fully saturated rings. The lowest BCUT2D eigenvalue weighted by molar-refractivity contribution is -0.234. The Balaban J connectivity index is 2.17. The largest absolute Gasteiger partial charge is 0.479 e. The average Bonchev–Trinajstić information content (AvgIpc) is 3.05. The van der Waals surface area contributed by atoms with Gasteiger partial charge in [-0.15, -0.1) is 11.3 Å². The van der Waals surface area contributed by atoms with Crippen molar-refractivity contribution in [1.29, 1.82) is 0 Å². The number of aliphatic carboxylic acids is 2. The molecule has 15 nitrogen and oxygen atoms in total. The van der Waals surface area contributed by atoms with E-state index in [0.717, 1.165) is 11.3 Å². The van der Waals surface area contributed by atoms with E-state index in [1.165, 1.54) is 5.38 Å². The number of amides is 3. The van der Waals surface area contributed by atoms with Crippen molar-refractivity contribution in [3.05, 3.63) is 11.1 Å². The molecule has 16 heteroatoms. The van der Waals surface area contributed by atoms with E-state index in [1.54, 1.807) is 0 Å². The molecule has 7 N–H and O–H groups in total. The van der Waals surface area contributed by atoms with Gasteiger partial charge < -0.3 is 31.8 Å². The SMILES string of the molecule is NC(=O)[C@@H]1[C@@H](NC(=O)/C(=N\OCC(=O)O)c2csc(N)n2)C(=O)N1OCC(=O)O. The molecule has 0 unspecified atom stereocenters. The molecular weight excluding hydrogens is 416 g/mol. The highest BCUT2D eigenvalue weighted by molar-refractivity contribution is 7.13. The number of hydrogen-bond acceptors (Lipinski definition) is 11. The van der Waals surface area contributed by atoms with Crippen LogP contribution in [0.3, 0.4) is 0 Å². The van der Waals surface area contributed by atoms with Gasteiger partial charge in [0.2, 0.25) is 12.5 Å². The van der Waals surface area contributed by atoms with Gasteiger partial charge >= 0.3 is 11.9 Å². The molecule has 1 aromatic rings. The summed E-state index contributed by atoms with van der Waals surface area (Å²) in [5, 5.41) is 24.6. The van der Waals surface area contributed by atoms with E-state index in [0.29, 0.717) is 5.06 Å². The fraction of sp³-hybridized carbons (Fsp3) is 0.308. The molecule has 0 bridgehead atoms. The smallest absolute Gasteiger partial charge is 0.344 e. The van der Waals surface area contributed by atoms with Crippen LogP contribution in [0.5, 0.6) is 0 Å². The zero-order valence-electron chi connectivity index (χ0n) is 14.3. The van der Waals surface area contributed by atoms with Crippen LogP contribution in [0, 0.1) is 0 Å². The van der Waals surface area contributed by atoms with E-state index in [9.17, 15) is 24.0 Å². The number of carbonyl (C=O) groups is 5. The number of anilines is 1. The minimum atomic E-state index is -1.48. The number of nitrogen functional groups attached to an aromatic ring is 1. The van der Waals surface area contributed by atoms with Gasteiger partial charge in [0.15, 0.2) is 23.5 Å². The van der Waals surface area contributed by atoms with Gasteiger partial charge in [0.05, 0.1) is 0 Å². The second-order valence-electron chi connectivity index (χ2n) is 5.31. The van der Waals surface area contributed by atoms with Gasteiger partial charge in [0, 0.05) is 5.38 Å². The van der Waals surface area contributed by atoms with Gasteiger partial charge in [-0.3, -0.25) is 19.2 Å². The molecule has 29 heavy (non-hydrogen) atoms. The molecule has 2 atom stereocenters. The van der Waals surface area contributed by atoms with Crippen LogP contribution in [0.25, 0.3) is 0 Å². The first kappa shape index (κ1) is 21.5. The molecule has 1 aliphatic heterocycles. The van der Waals surface area contributed by atoms with Crippen LogP contribution in [-0.4, -0.2) is 80.9 Å². The van der Waals surface area contributed by atoms with E-state index >= 15 is 0 Å². The van der Waals surface area contributed by atoms with Crippen molar-refractivity contribution in [2.24, 2.45) is 10.9 Å². The van der Waals surface area contributed by atoms with Crippen LogP contribution in [0.15, 0.2) is 10.5 Å². The predicted molar refractivity (Wildman–Crippen MR) is 92.0 cm³/mol. The summed E-state index contributed by atoms with van der Waals surface area (Å²) in [7, 11) is 0. The number of hydroxylamine groups is 2. The molecule has 2 rings (SSSR count). The topological polar surface area (TPSA) is 237 Å². The van der Waals surface area contributed by atoms with E-state index < -0.39 is 60.7 Å². The number of nitrogens with zero attached hydrogens (tertiary/aromatic N) is 3. The number of nitrogens with one attached hydrogen (secondary N) is 1. The first-order valence-electron chi connectivity index (χ1n) is 7.53. The van der Waals surface area contributed by atoms with Crippen molar-refractivity contribution in [3.63, 3.8) is 0 Å². The quantitative estimate of drug-likeness (QED) is 0.140. The van der Waals surface area contributed by atoms with E-state index in [2.05, 4.69) is 25.1 Å². The summed E-state index contributed by atoms with van der Waals surface area (Å²) in [4.78, 5) is 70.3. The Morgan fingerprint density at radius 3 is 2.45 bits per heavy atom. The van der Waals surface area contributed by atoms with Gasteiger partial charge in [-0.2, -0.15) is 0 Å². The number of hydrogen-bond donors (Lipinski definition) is 5. The fourth-order valence-electron chi connectivity index (χ4n) is 2.11. The van der Waals surface area contributed by atoms with Gasteiger partial charge in [-0.25, -0.2) is 19.6 Å². The highest BCUT2D eigenvalue weighted by Gasteiger charge is 2.53. The highest BCUT2D eigenvalue weighted by atomic mass is 32.1. The van der Waals surface area contributed by atoms with Crippen LogP contribution in [0.4, 0.5) is 5.13 Å². The van der Waals surface area contributed by atoms with Crippen molar-refractivity contribution in [2.45, 2.75) is 12.1 Å². The maximum Gasteiger partial charge on any atom is 0.344 e. The standard InChI is InChI=1S/C13H14N6O9S/c14-10(24)9-8(12(26)19(9)28-2-6(22)23)17-11(25)7(18-27-1-5(20)21)4-3-29-13(15)16-4/h3,8-9H,1-2H2,(H2,14,24)(H2,15,16)(H,17,25)(H,20,21)(H,22,23)/b18-7-/t8-,9+/m1/s1. The third-order valence-corrected chi connectivity index (χ3v) is 3.95. The summed E-state index contributed by atoms with van der Waals surface area (Å²) in [5.74, 6) is -5.82. The third kappa shape index (κ3) is 5.14. The van der Waals surface area contributed by atoms with Crippen molar-refractivity contribution in [2.75, 3.05) is 18.9 Å². The Hall–Kier alpha value is -3.79. The second-order valence-corrected chi connectivity index (χ2v) is 6.20. The second kappa shape index (κ2) is 8.93. The summed E-state index contributed by atoms with van der Waals surface area (Å²) in [6, 6.07) is -2.96. The first-order chi connectivity index (χ1) is 13.6. The van der Waals surface area contributed by atoms with Gasteiger partial charge in [0.1, 0.15) is 11.7 Å². The van der Waals surface area contributed by atoms with Crippen LogP contribution in [0.2, 0.25) is 0 Å². The molecule has 0 aliphatic carbocycles. The molecule has 1 aliphatic rings. The molecule has 0 spiro atoms. The summed E-state index contributed by atoms with van der Waals surface area (Å²) >= 11 is 0.953. The normalized spacial score (nSPS) is 18.7. The Morgan fingerprint density at radius 1 is 1.28 bits per heavy atom. The Kier molecular flexibility index (Phi) is 6.63. The van der Waals surface area contributed by atoms with Crippen LogP contribution >= 0.6 is 11.3 Å². The summed E-state index contributed by atoms with van der Waals surface area (Å²) < 4.78 is 0. The number of nitrogens with two attached hydrogens (primary N) is 2. The first-order valence-corrected chi connectivity index (χ1v) is 8.40. The number of rotatable bonds is 10. The number of primary amides is 1. The van der Waals surface area contributed by atoms with E-state index in [1.807, 2.05) is 0 Å². The van der Waals surface area contributed by atoms with Crippen molar-refractivity contribution in [3.8, 4) is 0 Å². The Bertz CT molecular complexity index is 884. The highest BCUT2D eigenvalue weighted by Crippen LogP contribution is 2.21. The summed E-state index contributed by atoms with van der Waals surface area (Å²) in [6.45, 7) is -1.77. The van der Waals surface area contributed by atoms with Gasteiger partial charge in [-0.05, 0) is 0 Å². The van der Waals surface area contributed by atoms with E-state index in [4.69, 9.17) is 21.7 Å². The third-order valence-electron chi connectivity index (χ3n) is 3.28. The Morgan fingerprint density at radius 2 is 1.93 bits per heavy atom. The minimum Gasteiger partial charge on any atom is -0.479 e. The van der Waals surface area contributed by atoms with Crippen LogP contribution in [-0.2, 0) is 33.6 Å². The molecule has 0 saturated carbocycles. The predicted octanol–water partition coefficient (Wildman–Crippen LogP) is -3.27. The summed E-state index contributed by atoms with van der Waals surface area (Å²) in [6.07, 6.45) is 0. The molecule has 1 saturated heterocycles. The monoisotopic (exact) mass is 430 g/mol. The number of carbonyl (C=O) groups excluding carboxylic acids is 3. The zero-order chi connectivity index (χ0) is 21.7. The fourth-order valence-corrected chi connectivity index (χ4v) is 2.66. The van der Waals surface area contributed by atoms with Crippen LogP contribution in [0.1, 0.15) is 5.69 Å². The number of carboxylic acid groups (broad SMARTS) is 2. The molecule has 0 radical (unpaired) electrons. The molecule has 3 amide bonds. The number of β-lactam (4-membered cyclic amide) rings is 1. The number of thiazole rings is 1. The van der Waals surface area contributed by atoms with Gasteiger partial charge in [0.25, 0.3) is 11.8 Å². The molecule has 0 aromatic carbocycles. The van der Waals surface area contributed by atoms with E-state index in [-0.39, 0.29) is 10.8 Å². The maximum atomic E-state index is 12.5. The molecule has 156 valence electrons. The van der Waals surface area contributed by atoms with Crippen molar-refractivity contribution in [1.82, 2.24) is 15.4 Å². The summed E-state index contributed by atoms with van der Waals surface area (Å²) in [5.41, 5.74) is 10.1. The van der Waals surface area contributed by atoms with Gasteiger partial charge in [-0.1, -0.05) is 5.16 Å². The Labute approximate surface area is 164 Å². The van der Waals surface area contributed by atoms with Crippen LogP contribution < -0.4 is 16.8 Å². The molecule has 1 aromatic heterocycles. The molecule has 2 heterocycles. The minimum absolute atomic E-state index is 0.0710.